The summed E-state index contributed by atoms with van der Waals surface area (Å²) >= 11 is 0. The zero-order valence-electron chi connectivity index (χ0n) is 10.1. The second-order valence-corrected chi connectivity index (χ2v) is 6.43. The lowest BCUT2D eigenvalue weighted by atomic mass is 10.0. The average molecular weight is 278 g/mol. The normalized spacial score (nSPS) is 28.1. The molecule has 2 rings (SSSR count). The van der Waals surface area contributed by atoms with Gasteiger partial charge >= 0.3 is 16.2 Å². The fourth-order valence-electron chi connectivity index (χ4n) is 2.24. The smallest absolute Gasteiger partial charge is 0.307 e. The first-order valence-electron chi connectivity index (χ1n) is 6.15. The van der Waals surface area contributed by atoms with Crippen LogP contribution in [0.2, 0.25) is 0 Å². The Morgan fingerprint density at radius 1 is 1.22 bits per heavy atom. The lowest BCUT2D eigenvalue weighted by Gasteiger charge is -2.34. The molecule has 0 aliphatic carbocycles. The predicted molar refractivity (Wildman–Crippen MR) is 62.7 cm³/mol. The molecule has 1 N–H and O–H groups in total. The van der Waals surface area contributed by atoms with Crippen LogP contribution in [-0.2, 0) is 19.8 Å². The number of hydroxylamine groups is 1. The van der Waals surface area contributed by atoms with Crippen molar-refractivity contribution in [3.05, 3.63) is 0 Å². The summed E-state index contributed by atoms with van der Waals surface area (Å²) in [5.41, 5.74) is 0. The number of rotatable bonds is 3. The van der Waals surface area contributed by atoms with E-state index in [0.29, 0.717) is 32.5 Å². The van der Waals surface area contributed by atoms with Gasteiger partial charge in [0, 0.05) is 19.6 Å². The number of carboxylic acid groups (broad SMARTS) is 1. The highest BCUT2D eigenvalue weighted by atomic mass is 32.2. The Morgan fingerprint density at radius 2 is 2.00 bits per heavy atom. The van der Waals surface area contributed by atoms with Crippen molar-refractivity contribution in [1.82, 2.24) is 8.77 Å². The van der Waals surface area contributed by atoms with Crippen molar-refractivity contribution in [2.24, 2.45) is 5.92 Å². The molecule has 0 amide bonds. The molecule has 2 heterocycles. The average Bonchev–Trinajstić information content (AvgIpc) is 2.40. The van der Waals surface area contributed by atoms with E-state index in [1.54, 1.807) is 0 Å². The fourth-order valence-corrected chi connectivity index (χ4v) is 3.79. The Hall–Kier alpha value is -0.700. The Kier molecular flexibility index (Phi) is 4.21. The van der Waals surface area contributed by atoms with Gasteiger partial charge in [0.25, 0.3) is 0 Å². The Morgan fingerprint density at radius 3 is 2.61 bits per heavy atom. The molecule has 1 atom stereocenters. The zero-order chi connectivity index (χ0) is 13.2. The highest BCUT2D eigenvalue weighted by Crippen LogP contribution is 2.23. The minimum Gasteiger partial charge on any atom is -0.481 e. The van der Waals surface area contributed by atoms with Crippen LogP contribution in [0.15, 0.2) is 0 Å². The molecular formula is C10H18N2O5S. The first kappa shape index (κ1) is 13.7. The molecule has 0 aromatic carbocycles. The van der Waals surface area contributed by atoms with Gasteiger partial charge in [-0.25, -0.2) is 0 Å². The van der Waals surface area contributed by atoms with Gasteiger partial charge < -0.3 is 5.11 Å². The quantitative estimate of drug-likeness (QED) is 0.788. The van der Waals surface area contributed by atoms with Crippen LogP contribution in [0.4, 0.5) is 0 Å². The largest absolute Gasteiger partial charge is 0.481 e. The van der Waals surface area contributed by atoms with E-state index in [9.17, 15) is 13.2 Å². The molecule has 0 spiro atoms. The third kappa shape index (κ3) is 2.82. The van der Waals surface area contributed by atoms with Crippen LogP contribution in [0.5, 0.6) is 0 Å². The number of aliphatic carboxylic acids is 1. The molecule has 1 unspecified atom stereocenters. The van der Waals surface area contributed by atoms with Crippen LogP contribution >= 0.6 is 0 Å². The van der Waals surface area contributed by atoms with E-state index < -0.39 is 22.1 Å². The summed E-state index contributed by atoms with van der Waals surface area (Å²) < 4.78 is 26.7. The van der Waals surface area contributed by atoms with E-state index in [1.807, 2.05) is 0 Å². The number of carbonyl (C=O) groups is 1. The summed E-state index contributed by atoms with van der Waals surface area (Å²) in [7, 11) is -3.67. The van der Waals surface area contributed by atoms with Gasteiger partial charge in [0.15, 0.2) is 0 Å². The van der Waals surface area contributed by atoms with Crippen molar-refractivity contribution < 1.29 is 23.2 Å². The van der Waals surface area contributed by atoms with Crippen molar-refractivity contribution in [2.75, 3.05) is 26.2 Å². The number of nitrogens with zero attached hydrogens (tertiary/aromatic N) is 2. The van der Waals surface area contributed by atoms with Crippen LogP contribution in [0.25, 0.3) is 0 Å². The maximum absolute atomic E-state index is 12.2. The topological polar surface area (TPSA) is 87.2 Å². The van der Waals surface area contributed by atoms with E-state index in [0.717, 1.165) is 17.3 Å². The zero-order valence-corrected chi connectivity index (χ0v) is 10.9. The van der Waals surface area contributed by atoms with Crippen molar-refractivity contribution in [2.45, 2.75) is 25.7 Å². The van der Waals surface area contributed by atoms with Crippen molar-refractivity contribution in [1.29, 1.82) is 0 Å². The second-order valence-electron chi connectivity index (χ2n) is 4.61. The van der Waals surface area contributed by atoms with Crippen LogP contribution in [0.3, 0.4) is 0 Å². The van der Waals surface area contributed by atoms with E-state index >= 15 is 0 Å². The van der Waals surface area contributed by atoms with Crippen LogP contribution in [0, 0.1) is 5.92 Å². The molecule has 104 valence electrons. The molecule has 7 nitrogen and oxygen atoms in total. The van der Waals surface area contributed by atoms with Crippen molar-refractivity contribution >= 4 is 16.2 Å². The van der Waals surface area contributed by atoms with Crippen molar-refractivity contribution in [3.63, 3.8) is 0 Å². The molecule has 0 aromatic rings. The SMILES string of the molecule is O=C(O)C1CCCN(S(=O)(=O)N2CCCCO2)C1. The fraction of sp³-hybridized carbons (Fsp3) is 0.900. The summed E-state index contributed by atoms with van der Waals surface area (Å²) in [6, 6.07) is 0. The standard InChI is InChI=1S/C10H18N2O5S/c13-10(14)9-4-3-5-11(8-9)18(15,16)12-6-1-2-7-17-12/h9H,1-8H2,(H,13,14). The lowest BCUT2D eigenvalue weighted by molar-refractivity contribution is -0.143. The molecule has 0 saturated carbocycles. The van der Waals surface area contributed by atoms with Gasteiger partial charge in [-0.1, -0.05) is 4.47 Å². The maximum Gasteiger partial charge on any atom is 0.307 e. The Balaban J connectivity index is 2.06. The van der Waals surface area contributed by atoms with E-state index in [4.69, 9.17) is 9.94 Å². The Bertz CT molecular complexity index is 404. The minimum absolute atomic E-state index is 0.0392. The molecule has 18 heavy (non-hydrogen) atoms. The third-order valence-corrected chi connectivity index (χ3v) is 5.07. The van der Waals surface area contributed by atoms with Gasteiger partial charge in [-0.15, -0.1) is 0 Å². The monoisotopic (exact) mass is 278 g/mol. The first-order valence-corrected chi connectivity index (χ1v) is 7.55. The summed E-state index contributed by atoms with van der Waals surface area (Å²) in [5, 5.41) is 8.97. The molecule has 0 aromatic heterocycles. The molecule has 0 bridgehead atoms. The minimum atomic E-state index is -3.67. The second kappa shape index (κ2) is 5.52. The molecule has 2 saturated heterocycles. The predicted octanol–water partition coefficient (Wildman–Crippen LogP) is 0.0552. The van der Waals surface area contributed by atoms with Gasteiger partial charge in [-0.3, -0.25) is 9.63 Å². The summed E-state index contributed by atoms with van der Waals surface area (Å²) in [4.78, 5) is 16.1. The summed E-state index contributed by atoms with van der Waals surface area (Å²) in [5.74, 6) is -1.55. The van der Waals surface area contributed by atoms with Gasteiger partial charge in [-0.05, 0) is 25.7 Å². The number of carboxylic acids is 1. The maximum atomic E-state index is 12.2. The van der Waals surface area contributed by atoms with Gasteiger partial charge in [0.2, 0.25) is 0 Å². The van der Waals surface area contributed by atoms with Crippen LogP contribution in [0.1, 0.15) is 25.7 Å². The molecule has 2 aliphatic heterocycles. The van der Waals surface area contributed by atoms with Crippen LogP contribution in [-0.4, -0.2) is 54.5 Å². The number of hydrogen-bond acceptors (Lipinski definition) is 4. The number of piperidine rings is 1. The molecular weight excluding hydrogens is 260 g/mol. The Labute approximate surface area is 106 Å². The van der Waals surface area contributed by atoms with E-state index in [2.05, 4.69) is 0 Å². The molecule has 0 radical (unpaired) electrons. The van der Waals surface area contributed by atoms with Crippen LogP contribution < -0.4 is 0 Å². The molecule has 2 fully saturated rings. The highest BCUT2D eigenvalue weighted by Gasteiger charge is 2.37. The van der Waals surface area contributed by atoms with Gasteiger partial charge in [0.05, 0.1) is 12.5 Å². The van der Waals surface area contributed by atoms with Gasteiger partial charge in [-0.2, -0.15) is 12.7 Å². The molecule has 8 heteroatoms. The lowest BCUT2D eigenvalue weighted by Crippen LogP contribution is -2.50. The third-order valence-electron chi connectivity index (χ3n) is 3.29. The van der Waals surface area contributed by atoms with E-state index in [-0.39, 0.29) is 6.54 Å². The summed E-state index contributed by atoms with van der Waals surface area (Å²) in [6.45, 7) is 1.15. The van der Waals surface area contributed by atoms with Crippen molar-refractivity contribution in [3.8, 4) is 0 Å². The highest BCUT2D eigenvalue weighted by molar-refractivity contribution is 7.86. The summed E-state index contributed by atoms with van der Waals surface area (Å²) in [6.07, 6.45) is 2.73. The van der Waals surface area contributed by atoms with Gasteiger partial charge in [0.1, 0.15) is 0 Å². The van der Waals surface area contributed by atoms with E-state index in [1.165, 1.54) is 4.31 Å². The molecule has 2 aliphatic rings. The first-order chi connectivity index (χ1) is 8.51. The number of hydrogen-bond donors (Lipinski definition) is 1.